The molecule has 3 N–H and O–H groups in total. The number of anilines is 2. The predicted octanol–water partition coefficient (Wildman–Crippen LogP) is 2.53. The van der Waals surface area contributed by atoms with Crippen LogP contribution in [0.2, 0.25) is 0 Å². The van der Waals surface area contributed by atoms with Crippen LogP contribution < -0.4 is 11.1 Å². The number of nitrogens with zero attached hydrogens (tertiary/aromatic N) is 2. The van der Waals surface area contributed by atoms with Crippen molar-refractivity contribution in [3.8, 4) is 0 Å². The van der Waals surface area contributed by atoms with Crippen LogP contribution in [0.4, 0.5) is 10.8 Å². The minimum Gasteiger partial charge on any atom is -0.399 e. The Bertz CT molecular complexity index is 609. The minimum atomic E-state index is 0.570. The van der Waals surface area contributed by atoms with E-state index in [0.29, 0.717) is 6.04 Å². The Labute approximate surface area is 116 Å². The first-order chi connectivity index (χ1) is 9.29. The number of nitrogens with one attached hydrogen (secondary N) is 1. The fourth-order valence-corrected chi connectivity index (χ4v) is 4.39. The number of thiazole rings is 1. The third kappa shape index (κ3) is 1.97. The van der Waals surface area contributed by atoms with E-state index < -0.39 is 0 Å². The topological polar surface area (TPSA) is 54.2 Å². The predicted molar refractivity (Wildman–Crippen MR) is 80.7 cm³/mol. The van der Waals surface area contributed by atoms with E-state index in [2.05, 4.69) is 15.2 Å². The van der Waals surface area contributed by atoms with Crippen LogP contribution in [0.15, 0.2) is 18.2 Å². The minimum absolute atomic E-state index is 0.570. The van der Waals surface area contributed by atoms with E-state index in [1.54, 1.807) is 11.3 Å². The van der Waals surface area contributed by atoms with E-state index in [-0.39, 0.29) is 0 Å². The molecule has 0 radical (unpaired) electrons. The molecule has 1 aromatic heterocycles. The van der Waals surface area contributed by atoms with Gasteiger partial charge in [0.05, 0.1) is 10.2 Å². The lowest BCUT2D eigenvalue weighted by Gasteiger charge is -2.20. The molecule has 3 heterocycles. The first-order valence-corrected chi connectivity index (χ1v) is 7.78. The fourth-order valence-electron chi connectivity index (χ4n) is 3.41. The second-order valence-corrected chi connectivity index (χ2v) is 6.56. The first-order valence-electron chi connectivity index (χ1n) is 6.96. The monoisotopic (exact) mass is 274 g/mol. The van der Waals surface area contributed by atoms with Crippen LogP contribution in [0.1, 0.15) is 19.3 Å². The second kappa shape index (κ2) is 4.35. The van der Waals surface area contributed by atoms with Crippen molar-refractivity contribution in [2.24, 2.45) is 0 Å². The molecule has 0 aliphatic carbocycles. The van der Waals surface area contributed by atoms with Gasteiger partial charge in [0, 0.05) is 24.3 Å². The van der Waals surface area contributed by atoms with Crippen LogP contribution in [0, 0.1) is 0 Å². The van der Waals surface area contributed by atoms with Gasteiger partial charge in [-0.3, -0.25) is 4.90 Å². The summed E-state index contributed by atoms with van der Waals surface area (Å²) in [7, 11) is 0. The summed E-state index contributed by atoms with van der Waals surface area (Å²) in [5.74, 6) is 0. The van der Waals surface area contributed by atoms with Gasteiger partial charge in [-0.1, -0.05) is 11.3 Å². The Morgan fingerprint density at radius 3 is 3.21 bits per heavy atom. The third-order valence-electron chi connectivity index (χ3n) is 4.33. The van der Waals surface area contributed by atoms with Gasteiger partial charge in [-0.2, -0.15) is 0 Å². The molecule has 2 aliphatic rings. The van der Waals surface area contributed by atoms with Gasteiger partial charge in [0.1, 0.15) is 0 Å². The smallest absolute Gasteiger partial charge is 0.184 e. The Kier molecular flexibility index (Phi) is 2.63. The lowest BCUT2D eigenvalue weighted by Crippen LogP contribution is -2.33. The zero-order chi connectivity index (χ0) is 12.8. The van der Waals surface area contributed by atoms with Gasteiger partial charge in [0.2, 0.25) is 0 Å². The summed E-state index contributed by atoms with van der Waals surface area (Å²) >= 11 is 1.71. The van der Waals surface area contributed by atoms with E-state index in [0.717, 1.165) is 22.4 Å². The number of rotatable bonds is 2. The standard InChI is InChI=1S/C14H18N4S/c15-9-3-4-11-13(8-9)19-14(17-11)16-10-5-7-18-6-1-2-12(10)18/h3-4,8,10,12H,1-2,5-7,15H2,(H,16,17). The Hall–Kier alpha value is -1.33. The SMILES string of the molecule is Nc1ccc2nc(NC3CCN4CCCC34)sc2c1. The normalized spacial score (nSPS) is 26.9. The highest BCUT2D eigenvalue weighted by Crippen LogP contribution is 2.33. The van der Waals surface area contributed by atoms with Crippen LogP contribution in [-0.2, 0) is 0 Å². The van der Waals surface area contributed by atoms with Gasteiger partial charge in [-0.25, -0.2) is 4.98 Å². The number of hydrogen-bond donors (Lipinski definition) is 2. The number of nitrogens with two attached hydrogens (primary N) is 1. The molecule has 2 atom stereocenters. The van der Waals surface area contributed by atoms with Crippen molar-refractivity contribution in [1.82, 2.24) is 9.88 Å². The largest absolute Gasteiger partial charge is 0.399 e. The summed E-state index contributed by atoms with van der Waals surface area (Å²) in [4.78, 5) is 7.28. The summed E-state index contributed by atoms with van der Waals surface area (Å²) in [5.41, 5.74) is 7.67. The van der Waals surface area contributed by atoms with E-state index in [1.807, 2.05) is 18.2 Å². The van der Waals surface area contributed by atoms with E-state index in [9.17, 15) is 0 Å². The van der Waals surface area contributed by atoms with Gasteiger partial charge in [0.15, 0.2) is 5.13 Å². The van der Waals surface area contributed by atoms with Crippen molar-refractivity contribution in [3.63, 3.8) is 0 Å². The van der Waals surface area contributed by atoms with Gasteiger partial charge in [0.25, 0.3) is 0 Å². The van der Waals surface area contributed by atoms with Crippen LogP contribution in [0.3, 0.4) is 0 Å². The number of hydrogen-bond acceptors (Lipinski definition) is 5. The maximum Gasteiger partial charge on any atom is 0.184 e. The Balaban J connectivity index is 1.58. The number of aromatic nitrogens is 1. The summed E-state index contributed by atoms with van der Waals surface area (Å²) in [6.07, 6.45) is 3.91. The molecule has 0 saturated carbocycles. The zero-order valence-electron chi connectivity index (χ0n) is 10.8. The zero-order valence-corrected chi connectivity index (χ0v) is 11.6. The number of fused-ring (bicyclic) bond motifs is 2. The third-order valence-corrected chi connectivity index (χ3v) is 5.28. The molecule has 2 saturated heterocycles. The Morgan fingerprint density at radius 1 is 1.32 bits per heavy atom. The van der Waals surface area contributed by atoms with Gasteiger partial charge >= 0.3 is 0 Å². The molecule has 0 bridgehead atoms. The van der Waals surface area contributed by atoms with E-state index in [1.165, 1.54) is 37.1 Å². The number of benzene rings is 1. The molecule has 0 spiro atoms. The van der Waals surface area contributed by atoms with Crippen LogP contribution in [-0.4, -0.2) is 35.1 Å². The molecule has 2 fully saturated rings. The average molecular weight is 274 g/mol. The summed E-state index contributed by atoms with van der Waals surface area (Å²) in [6.45, 7) is 2.51. The molecule has 0 amide bonds. The molecule has 4 rings (SSSR count). The lowest BCUT2D eigenvalue weighted by molar-refractivity contribution is 0.318. The van der Waals surface area contributed by atoms with Crippen molar-refractivity contribution in [2.45, 2.75) is 31.3 Å². The molecule has 5 heteroatoms. The van der Waals surface area contributed by atoms with Crippen molar-refractivity contribution in [3.05, 3.63) is 18.2 Å². The molecule has 1 aromatic carbocycles. The highest BCUT2D eigenvalue weighted by molar-refractivity contribution is 7.22. The summed E-state index contributed by atoms with van der Waals surface area (Å²) in [5, 5.41) is 4.69. The van der Waals surface area contributed by atoms with Gasteiger partial charge in [-0.05, 0) is 44.0 Å². The van der Waals surface area contributed by atoms with E-state index >= 15 is 0 Å². The highest BCUT2D eigenvalue weighted by atomic mass is 32.1. The molecule has 2 unspecified atom stereocenters. The van der Waals surface area contributed by atoms with E-state index in [4.69, 9.17) is 5.73 Å². The Morgan fingerprint density at radius 2 is 2.26 bits per heavy atom. The molecular formula is C14H18N4S. The summed E-state index contributed by atoms with van der Waals surface area (Å²) < 4.78 is 1.17. The van der Waals surface area contributed by atoms with Crippen molar-refractivity contribution in [1.29, 1.82) is 0 Å². The average Bonchev–Trinajstić information content (AvgIpc) is 3.05. The second-order valence-electron chi connectivity index (χ2n) is 5.53. The highest BCUT2D eigenvalue weighted by Gasteiger charge is 2.37. The lowest BCUT2D eigenvalue weighted by atomic mass is 10.1. The van der Waals surface area contributed by atoms with Gasteiger partial charge in [-0.15, -0.1) is 0 Å². The van der Waals surface area contributed by atoms with Crippen LogP contribution >= 0.6 is 11.3 Å². The fraction of sp³-hybridized carbons (Fsp3) is 0.500. The van der Waals surface area contributed by atoms with Crippen molar-refractivity contribution in [2.75, 3.05) is 24.1 Å². The molecule has 19 heavy (non-hydrogen) atoms. The summed E-state index contributed by atoms with van der Waals surface area (Å²) in [6, 6.07) is 7.22. The first kappa shape index (κ1) is 11.5. The maximum absolute atomic E-state index is 5.82. The van der Waals surface area contributed by atoms with Gasteiger partial charge < -0.3 is 11.1 Å². The molecule has 100 valence electrons. The molecule has 2 aromatic rings. The van der Waals surface area contributed by atoms with Crippen LogP contribution in [0.25, 0.3) is 10.2 Å². The molecular weight excluding hydrogens is 256 g/mol. The quantitative estimate of drug-likeness (QED) is 0.826. The molecule has 4 nitrogen and oxygen atoms in total. The van der Waals surface area contributed by atoms with Crippen molar-refractivity contribution >= 4 is 32.4 Å². The molecule has 2 aliphatic heterocycles. The number of nitrogen functional groups attached to an aromatic ring is 1. The maximum atomic E-state index is 5.82. The van der Waals surface area contributed by atoms with Crippen LogP contribution in [0.5, 0.6) is 0 Å². The van der Waals surface area contributed by atoms with Crippen molar-refractivity contribution < 1.29 is 0 Å².